The highest BCUT2D eigenvalue weighted by Crippen LogP contribution is 2.09. The van der Waals surface area contributed by atoms with Gasteiger partial charge in [0.25, 0.3) is 0 Å². The maximum Gasteiger partial charge on any atom is 0.228 e. The van der Waals surface area contributed by atoms with Crippen molar-refractivity contribution in [2.75, 3.05) is 5.32 Å². The van der Waals surface area contributed by atoms with Crippen LogP contribution in [0.3, 0.4) is 0 Å². The van der Waals surface area contributed by atoms with Gasteiger partial charge in [0.05, 0.1) is 18.3 Å². The molecule has 2 rings (SSSR count). The van der Waals surface area contributed by atoms with Crippen LogP contribution in [0.1, 0.15) is 16.8 Å². The molecule has 0 bridgehead atoms. The van der Waals surface area contributed by atoms with Crippen molar-refractivity contribution in [3.8, 4) is 0 Å². The molecule has 1 aromatic carbocycles. The lowest BCUT2D eigenvalue weighted by Gasteiger charge is -2.06. The molecule has 0 saturated carbocycles. The Hall–Kier alpha value is -2.27. The number of carbonyl (C=O) groups excluding carboxylic acids is 1. The number of aromatic nitrogens is 1. The highest BCUT2D eigenvalue weighted by molar-refractivity contribution is 7.80. The zero-order valence-corrected chi connectivity index (χ0v) is 11.9. The quantitative estimate of drug-likeness (QED) is 0.845. The minimum Gasteiger partial charge on any atom is -0.389 e. The van der Waals surface area contributed by atoms with Crippen molar-refractivity contribution in [1.29, 1.82) is 0 Å². The average molecular weight is 285 g/mol. The first-order valence-corrected chi connectivity index (χ1v) is 6.56. The molecular weight excluding hydrogens is 270 g/mol. The molecule has 0 unspecified atom stereocenters. The van der Waals surface area contributed by atoms with Gasteiger partial charge in [0.2, 0.25) is 5.91 Å². The smallest absolute Gasteiger partial charge is 0.228 e. The number of thiocarbonyl (C=S) groups is 1. The number of benzene rings is 1. The predicted molar refractivity (Wildman–Crippen MR) is 83.6 cm³/mol. The fourth-order valence-electron chi connectivity index (χ4n) is 1.72. The van der Waals surface area contributed by atoms with E-state index in [1.807, 2.05) is 43.3 Å². The molecule has 0 aliphatic heterocycles. The van der Waals surface area contributed by atoms with Crippen molar-refractivity contribution in [3.05, 3.63) is 59.4 Å². The number of hydrogen-bond donors (Lipinski definition) is 2. The van der Waals surface area contributed by atoms with Gasteiger partial charge in [0.1, 0.15) is 4.99 Å². The van der Waals surface area contributed by atoms with Gasteiger partial charge < -0.3 is 11.1 Å². The van der Waals surface area contributed by atoms with Gasteiger partial charge in [-0.05, 0) is 24.6 Å². The van der Waals surface area contributed by atoms with Crippen LogP contribution in [0.15, 0.2) is 42.6 Å². The van der Waals surface area contributed by atoms with Crippen LogP contribution in [0.25, 0.3) is 0 Å². The van der Waals surface area contributed by atoms with Gasteiger partial charge in [0.15, 0.2) is 0 Å². The number of nitrogens with zero attached hydrogens (tertiary/aromatic N) is 1. The number of pyridine rings is 1. The number of nitrogens with two attached hydrogens (primary N) is 1. The van der Waals surface area contributed by atoms with Crippen LogP contribution in [0.4, 0.5) is 5.69 Å². The Kier molecular flexibility index (Phi) is 4.42. The van der Waals surface area contributed by atoms with E-state index in [1.165, 1.54) is 0 Å². The molecule has 20 heavy (non-hydrogen) atoms. The second-order valence-electron chi connectivity index (χ2n) is 4.47. The molecule has 0 radical (unpaired) electrons. The van der Waals surface area contributed by atoms with E-state index in [9.17, 15) is 4.79 Å². The normalized spacial score (nSPS) is 10.1. The van der Waals surface area contributed by atoms with Crippen molar-refractivity contribution < 1.29 is 4.79 Å². The summed E-state index contributed by atoms with van der Waals surface area (Å²) in [4.78, 5) is 16.4. The zero-order valence-electron chi connectivity index (χ0n) is 11.1. The second-order valence-corrected chi connectivity index (χ2v) is 4.91. The molecule has 0 saturated heterocycles. The Morgan fingerprint density at radius 1 is 1.25 bits per heavy atom. The molecule has 3 N–H and O–H groups in total. The van der Waals surface area contributed by atoms with Gasteiger partial charge in [-0.15, -0.1) is 0 Å². The van der Waals surface area contributed by atoms with Crippen LogP contribution < -0.4 is 11.1 Å². The summed E-state index contributed by atoms with van der Waals surface area (Å²) in [5.41, 5.74) is 8.84. The number of carbonyl (C=O) groups is 1. The Morgan fingerprint density at radius 2 is 1.95 bits per heavy atom. The lowest BCUT2D eigenvalue weighted by atomic mass is 10.1. The number of amides is 1. The van der Waals surface area contributed by atoms with E-state index in [4.69, 9.17) is 18.0 Å². The average Bonchev–Trinajstić information content (AvgIpc) is 2.42. The highest BCUT2D eigenvalue weighted by atomic mass is 32.1. The van der Waals surface area contributed by atoms with Gasteiger partial charge in [-0.3, -0.25) is 9.78 Å². The van der Waals surface area contributed by atoms with Crippen molar-refractivity contribution >= 4 is 28.8 Å². The Bertz CT molecular complexity index is 621. The molecule has 2 aromatic rings. The molecule has 0 atom stereocenters. The lowest BCUT2D eigenvalue weighted by molar-refractivity contribution is -0.115. The highest BCUT2D eigenvalue weighted by Gasteiger charge is 2.05. The third kappa shape index (κ3) is 3.86. The SMILES string of the molecule is Cc1ccc(NC(=O)Cc2ccc(C(N)=S)cc2)cn1. The predicted octanol–water partition coefficient (Wildman–Crippen LogP) is 2.21. The van der Waals surface area contributed by atoms with Crippen LogP contribution >= 0.6 is 12.2 Å². The van der Waals surface area contributed by atoms with E-state index >= 15 is 0 Å². The molecule has 1 heterocycles. The first kappa shape index (κ1) is 14.1. The van der Waals surface area contributed by atoms with Crippen molar-refractivity contribution in [1.82, 2.24) is 4.98 Å². The molecular formula is C15H15N3OS. The molecule has 0 aliphatic rings. The maximum absolute atomic E-state index is 11.9. The van der Waals surface area contributed by atoms with Crippen LogP contribution in [-0.2, 0) is 11.2 Å². The molecule has 4 nitrogen and oxygen atoms in total. The maximum atomic E-state index is 11.9. The summed E-state index contributed by atoms with van der Waals surface area (Å²) < 4.78 is 0. The van der Waals surface area contributed by atoms with E-state index in [-0.39, 0.29) is 5.91 Å². The first-order valence-electron chi connectivity index (χ1n) is 6.16. The summed E-state index contributed by atoms with van der Waals surface area (Å²) >= 11 is 4.88. The molecule has 0 aliphatic carbocycles. The summed E-state index contributed by atoms with van der Waals surface area (Å²) in [6.45, 7) is 1.90. The molecule has 0 fully saturated rings. The fraction of sp³-hybridized carbons (Fsp3) is 0.133. The topological polar surface area (TPSA) is 68.0 Å². The van der Waals surface area contributed by atoms with Crippen LogP contribution in [-0.4, -0.2) is 15.9 Å². The van der Waals surface area contributed by atoms with Crippen LogP contribution in [0.5, 0.6) is 0 Å². The monoisotopic (exact) mass is 285 g/mol. The molecule has 1 aromatic heterocycles. The number of hydrogen-bond acceptors (Lipinski definition) is 3. The van der Waals surface area contributed by atoms with Crippen molar-refractivity contribution in [2.45, 2.75) is 13.3 Å². The van der Waals surface area contributed by atoms with Gasteiger partial charge >= 0.3 is 0 Å². The first-order chi connectivity index (χ1) is 9.54. The van der Waals surface area contributed by atoms with E-state index in [0.29, 0.717) is 17.1 Å². The Labute approximate surface area is 123 Å². The molecule has 1 amide bonds. The lowest BCUT2D eigenvalue weighted by Crippen LogP contribution is -2.15. The number of rotatable bonds is 4. The summed E-state index contributed by atoms with van der Waals surface area (Å²) in [7, 11) is 0. The van der Waals surface area contributed by atoms with Crippen LogP contribution in [0.2, 0.25) is 0 Å². The zero-order chi connectivity index (χ0) is 14.5. The molecule has 0 spiro atoms. The molecule has 102 valence electrons. The van der Waals surface area contributed by atoms with Crippen molar-refractivity contribution in [3.63, 3.8) is 0 Å². The van der Waals surface area contributed by atoms with Gasteiger partial charge in [0, 0.05) is 11.3 Å². The minimum absolute atomic E-state index is 0.0845. The summed E-state index contributed by atoms with van der Waals surface area (Å²) in [5.74, 6) is -0.0845. The summed E-state index contributed by atoms with van der Waals surface area (Å²) in [6, 6.07) is 11.0. The summed E-state index contributed by atoms with van der Waals surface area (Å²) in [6.07, 6.45) is 1.94. The van der Waals surface area contributed by atoms with E-state index in [1.54, 1.807) is 6.20 Å². The molecule has 5 heteroatoms. The van der Waals surface area contributed by atoms with Gasteiger partial charge in [-0.1, -0.05) is 36.5 Å². The van der Waals surface area contributed by atoms with Crippen LogP contribution in [0, 0.1) is 6.92 Å². The third-order valence-electron chi connectivity index (χ3n) is 2.80. The number of nitrogens with one attached hydrogen (secondary N) is 1. The third-order valence-corrected chi connectivity index (χ3v) is 3.03. The van der Waals surface area contributed by atoms with Crippen molar-refractivity contribution in [2.24, 2.45) is 5.73 Å². The Morgan fingerprint density at radius 3 is 2.50 bits per heavy atom. The largest absolute Gasteiger partial charge is 0.389 e. The van der Waals surface area contributed by atoms with Gasteiger partial charge in [-0.25, -0.2) is 0 Å². The summed E-state index contributed by atoms with van der Waals surface area (Å²) in [5, 5.41) is 2.80. The second kappa shape index (κ2) is 6.25. The number of anilines is 1. The fourth-order valence-corrected chi connectivity index (χ4v) is 1.86. The van der Waals surface area contributed by atoms with E-state index < -0.39 is 0 Å². The Balaban J connectivity index is 1.97. The minimum atomic E-state index is -0.0845. The standard InChI is InChI=1S/C15H15N3OS/c1-10-2-7-13(9-17-10)18-14(19)8-11-3-5-12(6-4-11)15(16)20/h2-7,9H,8H2,1H3,(H2,16,20)(H,18,19). The van der Waals surface area contributed by atoms with Gasteiger partial charge in [-0.2, -0.15) is 0 Å². The number of aryl methyl sites for hydroxylation is 1. The van der Waals surface area contributed by atoms with E-state index in [0.717, 1.165) is 16.8 Å². The van der Waals surface area contributed by atoms with E-state index in [2.05, 4.69) is 10.3 Å².